The van der Waals surface area contributed by atoms with Crippen molar-refractivity contribution in [3.05, 3.63) is 86.8 Å². The molecule has 0 aliphatic rings. The zero-order chi connectivity index (χ0) is 19.2. The molecule has 0 saturated carbocycles. The van der Waals surface area contributed by atoms with E-state index in [-0.39, 0.29) is 17.2 Å². The van der Waals surface area contributed by atoms with Crippen LogP contribution in [0, 0.1) is 6.92 Å². The third kappa shape index (κ3) is 5.45. The van der Waals surface area contributed by atoms with Crippen molar-refractivity contribution >= 4 is 35.0 Å². The van der Waals surface area contributed by atoms with Crippen LogP contribution in [0.15, 0.2) is 64.5 Å². The van der Waals surface area contributed by atoms with Gasteiger partial charge in [0.15, 0.2) is 5.16 Å². The molecule has 138 valence electrons. The summed E-state index contributed by atoms with van der Waals surface area (Å²) in [4.78, 5) is 31.7. The Hall–Kier alpha value is -2.57. The molecule has 1 aromatic heterocycles. The molecule has 0 aliphatic carbocycles. The first-order chi connectivity index (χ1) is 13.0. The monoisotopic (exact) mass is 399 g/mol. The number of aromatic nitrogens is 2. The van der Waals surface area contributed by atoms with E-state index in [1.54, 1.807) is 24.3 Å². The summed E-state index contributed by atoms with van der Waals surface area (Å²) in [5.41, 5.74) is 2.85. The molecule has 0 saturated heterocycles. The highest BCUT2D eigenvalue weighted by Crippen LogP contribution is 2.17. The number of carbonyl (C=O) groups excluding carboxylic acids is 1. The third-order valence-corrected chi connectivity index (χ3v) is 5.02. The molecule has 1 heterocycles. The van der Waals surface area contributed by atoms with E-state index in [1.807, 2.05) is 37.3 Å². The van der Waals surface area contributed by atoms with Crippen molar-refractivity contribution in [2.45, 2.75) is 18.5 Å². The number of hydrogen-bond acceptors (Lipinski definition) is 4. The van der Waals surface area contributed by atoms with Crippen molar-refractivity contribution in [2.75, 3.05) is 11.1 Å². The predicted molar refractivity (Wildman–Crippen MR) is 110 cm³/mol. The van der Waals surface area contributed by atoms with Gasteiger partial charge in [0.05, 0.1) is 5.75 Å². The summed E-state index contributed by atoms with van der Waals surface area (Å²) in [6.45, 7) is 1.81. The normalized spacial score (nSPS) is 10.6. The number of nitrogens with zero attached hydrogens (tertiary/aromatic N) is 1. The van der Waals surface area contributed by atoms with Crippen molar-refractivity contribution in [3.8, 4) is 0 Å². The van der Waals surface area contributed by atoms with E-state index in [9.17, 15) is 9.59 Å². The standard InChI is InChI=1S/C20H18ClN3O2S/c1-13-17(11-14-5-3-2-4-6-14)19(26)24-20(22-13)27-12-18(25)23-16-9-7-15(21)8-10-16/h2-10H,11-12H2,1H3,(H,23,25)(H,22,24,26). The first kappa shape index (κ1) is 19.2. The lowest BCUT2D eigenvalue weighted by Crippen LogP contribution is -2.19. The summed E-state index contributed by atoms with van der Waals surface area (Å²) in [5.74, 6) is -0.0424. The zero-order valence-electron chi connectivity index (χ0n) is 14.7. The van der Waals surface area contributed by atoms with Gasteiger partial charge in [0.25, 0.3) is 5.56 Å². The minimum absolute atomic E-state index is 0.142. The van der Waals surface area contributed by atoms with Crippen molar-refractivity contribution in [1.29, 1.82) is 0 Å². The number of rotatable bonds is 6. The predicted octanol–water partition coefficient (Wildman–Crippen LogP) is 4.05. The Balaban J connectivity index is 1.63. The first-order valence-electron chi connectivity index (χ1n) is 8.33. The van der Waals surface area contributed by atoms with Crippen LogP contribution in [0.3, 0.4) is 0 Å². The first-order valence-corrected chi connectivity index (χ1v) is 9.69. The number of amides is 1. The van der Waals surface area contributed by atoms with Crippen LogP contribution in [-0.4, -0.2) is 21.6 Å². The molecule has 0 atom stereocenters. The number of thioether (sulfide) groups is 1. The SMILES string of the molecule is Cc1nc(SCC(=O)Nc2ccc(Cl)cc2)[nH]c(=O)c1Cc1ccccc1. The van der Waals surface area contributed by atoms with Crippen LogP contribution in [0.5, 0.6) is 0 Å². The molecule has 3 rings (SSSR count). The highest BCUT2D eigenvalue weighted by atomic mass is 35.5. The molecule has 1 amide bonds. The summed E-state index contributed by atoms with van der Waals surface area (Å²) in [7, 11) is 0. The number of hydrogen-bond donors (Lipinski definition) is 2. The maximum absolute atomic E-state index is 12.4. The van der Waals surface area contributed by atoms with Gasteiger partial charge in [0.2, 0.25) is 5.91 Å². The van der Waals surface area contributed by atoms with Crippen LogP contribution in [0.4, 0.5) is 5.69 Å². The minimum atomic E-state index is -0.184. The maximum atomic E-state index is 12.4. The molecule has 0 spiro atoms. The van der Waals surface area contributed by atoms with E-state index < -0.39 is 0 Å². The highest BCUT2D eigenvalue weighted by Gasteiger charge is 2.11. The van der Waals surface area contributed by atoms with Gasteiger partial charge < -0.3 is 10.3 Å². The van der Waals surface area contributed by atoms with E-state index in [2.05, 4.69) is 15.3 Å². The lowest BCUT2D eigenvalue weighted by molar-refractivity contribution is -0.113. The molecule has 0 radical (unpaired) electrons. The van der Waals surface area contributed by atoms with E-state index in [1.165, 1.54) is 11.8 Å². The topological polar surface area (TPSA) is 74.8 Å². The number of anilines is 1. The van der Waals surface area contributed by atoms with Gasteiger partial charge in [0.1, 0.15) is 0 Å². The van der Waals surface area contributed by atoms with Crippen LogP contribution in [0.25, 0.3) is 0 Å². The van der Waals surface area contributed by atoms with Gasteiger partial charge in [-0.05, 0) is 36.8 Å². The van der Waals surface area contributed by atoms with Gasteiger partial charge in [0, 0.05) is 28.4 Å². The molecule has 0 bridgehead atoms. The van der Waals surface area contributed by atoms with Gasteiger partial charge in [-0.2, -0.15) is 0 Å². The molecular weight excluding hydrogens is 382 g/mol. The Kier molecular flexibility index (Phi) is 6.32. The zero-order valence-corrected chi connectivity index (χ0v) is 16.2. The molecule has 0 aliphatic heterocycles. The second-order valence-electron chi connectivity index (χ2n) is 5.94. The molecule has 2 aromatic carbocycles. The fraction of sp³-hybridized carbons (Fsp3) is 0.150. The Bertz CT molecular complexity index is 988. The fourth-order valence-corrected chi connectivity index (χ4v) is 3.36. The average molecular weight is 400 g/mol. The molecular formula is C20H18ClN3O2S. The smallest absolute Gasteiger partial charge is 0.255 e. The molecule has 0 fully saturated rings. The van der Waals surface area contributed by atoms with E-state index in [0.717, 1.165) is 5.56 Å². The molecule has 0 unspecified atom stereocenters. The minimum Gasteiger partial charge on any atom is -0.325 e. The molecule has 2 N–H and O–H groups in total. The van der Waals surface area contributed by atoms with Gasteiger partial charge in [-0.1, -0.05) is 53.7 Å². The third-order valence-electron chi connectivity index (χ3n) is 3.89. The summed E-state index contributed by atoms with van der Waals surface area (Å²) in [5, 5.41) is 3.81. The average Bonchev–Trinajstić information content (AvgIpc) is 2.66. The summed E-state index contributed by atoms with van der Waals surface area (Å²) < 4.78 is 0. The quantitative estimate of drug-likeness (QED) is 0.484. The van der Waals surface area contributed by atoms with E-state index >= 15 is 0 Å². The van der Waals surface area contributed by atoms with Gasteiger partial charge in [-0.3, -0.25) is 9.59 Å². The Morgan fingerprint density at radius 1 is 1.15 bits per heavy atom. The Morgan fingerprint density at radius 2 is 1.85 bits per heavy atom. The fourth-order valence-electron chi connectivity index (χ4n) is 2.53. The lowest BCUT2D eigenvalue weighted by Gasteiger charge is -2.08. The van der Waals surface area contributed by atoms with Crippen LogP contribution in [-0.2, 0) is 11.2 Å². The van der Waals surface area contributed by atoms with Gasteiger partial charge >= 0.3 is 0 Å². The van der Waals surface area contributed by atoms with Gasteiger partial charge in [-0.25, -0.2) is 4.98 Å². The highest BCUT2D eigenvalue weighted by molar-refractivity contribution is 7.99. The van der Waals surface area contributed by atoms with Gasteiger partial charge in [-0.15, -0.1) is 0 Å². The maximum Gasteiger partial charge on any atom is 0.255 e. The number of nitrogens with one attached hydrogen (secondary N) is 2. The summed E-state index contributed by atoms with van der Waals surface area (Å²) in [6.07, 6.45) is 0.525. The van der Waals surface area contributed by atoms with Crippen molar-refractivity contribution in [1.82, 2.24) is 9.97 Å². The Labute approximate surface area is 166 Å². The van der Waals surface area contributed by atoms with Crippen molar-refractivity contribution in [2.24, 2.45) is 0 Å². The molecule has 27 heavy (non-hydrogen) atoms. The summed E-state index contributed by atoms with van der Waals surface area (Å²) >= 11 is 7.01. The number of benzene rings is 2. The van der Waals surface area contributed by atoms with E-state index in [4.69, 9.17) is 11.6 Å². The van der Waals surface area contributed by atoms with E-state index in [0.29, 0.717) is 33.5 Å². The number of aryl methyl sites for hydroxylation is 1. The second-order valence-corrected chi connectivity index (χ2v) is 7.34. The summed E-state index contributed by atoms with van der Waals surface area (Å²) in [6, 6.07) is 16.6. The lowest BCUT2D eigenvalue weighted by atomic mass is 10.1. The number of aromatic amines is 1. The molecule has 5 nitrogen and oxygen atoms in total. The molecule has 3 aromatic rings. The van der Waals surface area contributed by atoms with Crippen LogP contribution in [0.1, 0.15) is 16.8 Å². The van der Waals surface area contributed by atoms with Crippen molar-refractivity contribution in [3.63, 3.8) is 0 Å². The number of halogens is 1. The molecule has 7 heteroatoms. The Morgan fingerprint density at radius 3 is 2.52 bits per heavy atom. The second kappa shape index (κ2) is 8.88. The largest absolute Gasteiger partial charge is 0.325 e. The van der Waals surface area contributed by atoms with Crippen LogP contribution >= 0.6 is 23.4 Å². The van der Waals surface area contributed by atoms with Crippen LogP contribution in [0.2, 0.25) is 5.02 Å². The number of H-pyrrole nitrogens is 1. The number of carbonyl (C=O) groups is 1. The van der Waals surface area contributed by atoms with Crippen molar-refractivity contribution < 1.29 is 4.79 Å². The van der Waals surface area contributed by atoms with Crippen LogP contribution < -0.4 is 10.9 Å².